The van der Waals surface area contributed by atoms with Crippen molar-refractivity contribution < 1.29 is 34.4 Å². The third-order valence-corrected chi connectivity index (χ3v) is 5.48. The van der Waals surface area contributed by atoms with E-state index in [-0.39, 0.29) is 46.1 Å². The first-order valence-corrected chi connectivity index (χ1v) is 9.67. The Balaban J connectivity index is 1.81. The van der Waals surface area contributed by atoms with E-state index in [2.05, 4.69) is 0 Å². The lowest BCUT2D eigenvalue weighted by atomic mass is 9.85. The topological polar surface area (TPSA) is 137 Å². The highest BCUT2D eigenvalue weighted by Crippen LogP contribution is 2.46. The standard InChI is InChI=1S/C24H16O8/c25-13-4-1-11(2-5-13)14-8-21(30)31-20-10-18(29)23-17(28)9-19(32-24(23)22(14)20)12-3-6-15(26)16(27)7-12/h1-7,9-10,14,25-27,29H,8H2/t14-/m0/s1. The van der Waals surface area contributed by atoms with Crippen molar-refractivity contribution in [2.24, 2.45) is 0 Å². The molecular weight excluding hydrogens is 416 g/mol. The first-order chi connectivity index (χ1) is 15.3. The van der Waals surface area contributed by atoms with Crippen molar-refractivity contribution in [2.45, 2.75) is 12.3 Å². The van der Waals surface area contributed by atoms with Crippen molar-refractivity contribution >= 4 is 16.9 Å². The van der Waals surface area contributed by atoms with Crippen LogP contribution < -0.4 is 10.2 Å². The molecule has 32 heavy (non-hydrogen) atoms. The van der Waals surface area contributed by atoms with E-state index in [4.69, 9.17) is 9.15 Å². The Morgan fingerprint density at radius 1 is 0.812 bits per heavy atom. The van der Waals surface area contributed by atoms with Crippen LogP contribution in [0.3, 0.4) is 0 Å². The van der Waals surface area contributed by atoms with Gasteiger partial charge in [-0.1, -0.05) is 12.1 Å². The van der Waals surface area contributed by atoms with Gasteiger partial charge in [-0.25, -0.2) is 0 Å². The quantitative estimate of drug-likeness (QED) is 0.214. The molecule has 8 nitrogen and oxygen atoms in total. The molecule has 1 atom stereocenters. The third kappa shape index (κ3) is 3.09. The highest BCUT2D eigenvalue weighted by atomic mass is 16.5. The van der Waals surface area contributed by atoms with Crippen LogP contribution in [0.15, 0.2) is 63.8 Å². The lowest BCUT2D eigenvalue weighted by Crippen LogP contribution is -2.22. The molecule has 4 aromatic rings. The first-order valence-electron chi connectivity index (χ1n) is 9.67. The number of phenols is 4. The normalized spacial score (nSPS) is 15.4. The van der Waals surface area contributed by atoms with Crippen molar-refractivity contribution in [2.75, 3.05) is 0 Å². The number of hydrogen-bond donors (Lipinski definition) is 4. The van der Waals surface area contributed by atoms with Crippen molar-refractivity contribution in [3.8, 4) is 40.1 Å². The second-order valence-corrected chi connectivity index (χ2v) is 7.51. The molecule has 1 aromatic heterocycles. The molecule has 1 aliphatic heterocycles. The summed E-state index contributed by atoms with van der Waals surface area (Å²) in [6.45, 7) is 0. The van der Waals surface area contributed by atoms with Crippen LogP contribution in [-0.4, -0.2) is 26.4 Å². The van der Waals surface area contributed by atoms with Gasteiger partial charge < -0.3 is 29.6 Å². The summed E-state index contributed by atoms with van der Waals surface area (Å²) in [5.41, 5.74) is 0.926. The van der Waals surface area contributed by atoms with Crippen LogP contribution in [0.1, 0.15) is 23.5 Å². The Hall–Kier alpha value is -4.46. The van der Waals surface area contributed by atoms with Crippen LogP contribution in [0.5, 0.6) is 28.7 Å². The fraction of sp³-hybridized carbons (Fsp3) is 0.0833. The van der Waals surface area contributed by atoms with E-state index in [9.17, 15) is 30.0 Å². The van der Waals surface area contributed by atoms with Gasteiger partial charge in [0.05, 0.1) is 6.42 Å². The molecule has 0 unspecified atom stereocenters. The Labute approximate surface area is 180 Å². The zero-order chi connectivity index (χ0) is 22.6. The van der Waals surface area contributed by atoms with E-state index < -0.39 is 23.1 Å². The van der Waals surface area contributed by atoms with Gasteiger partial charge in [0, 0.05) is 29.2 Å². The number of aromatic hydroxyl groups is 4. The van der Waals surface area contributed by atoms with Gasteiger partial charge >= 0.3 is 5.97 Å². The minimum atomic E-state index is -0.554. The SMILES string of the molecule is O=C1C[C@@H](c2ccc(O)cc2)c2c(cc(O)c3c(=O)cc(-c4ccc(O)c(O)c4)oc23)O1. The number of esters is 1. The van der Waals surface area contributed by atoms with E-state index >= 15 is 0 Å². The fourth-order valence-corrected chi connectivity index (χ4v) is 3.97. The van der Waals surface area contributed by atoms with E-state index in [1.54, 1.807) is 12.1 Å². The number of ether oxygens (including phenoxy) is 1. The third-order valence-electron chi connectivity index (χ3n) is 5.48. The van der Waals surface area contributed by atoms with Crippen LogP contribution in [0, 0.1) is 0 Å². The molecule has 0 saturated heterocycles. The largest absolute Gasteiger partial charge is 0.508 e. The molecule has 0 amide bonds. The average Bonchev–Trinajstić information content (AvgIpc) is 2.75. The maximum atomic E-state index is 12.9. The lowest BCUT2D eigenvalue weighted by molar-refractivity contribution is -0.135. The smallest absolute Gasteiger partial charge is 0.312 e. The fourth-order valence-electron chi connectivity index (χ4n) is 3.97. The van der Waals surface area contributed by atoms with Crippen LogP contribution >= 0.6 is 0 Å². The molecule has 160 valence electrons. The minimum absolute atomic E-state index is 0.0361. The molecule has 0 radical (unpaired) electrons. The molecule has 3 aromatic carbocycles. The molecule has 0 bridgehead atoms. The van der Waals surface area contributed by atoms with Crippen molar-refractivity contribution in [3.63, 3.8) is 0 Å². The van der Waals surface area contributed by atoms with Crippen LogP contribution in [0.25, 0.3) is 22.3 Å². The summed E-state index contributed by atoms with van der Waals surface area (Å²) in [4.78, 5) is 25.2. The minimum Gasteiger partial charge on any atom is -0.508 e. The molecule has 0 fully saturated rings. The van der Waals surface area contributed by atoms with E-state index in [1.165, 1.54) is 42.5 Å². The van der Waals surface area contributed by atoms with Gasteiger partial charge in [-0.3, -0.25) is 9.59 Å². The number of carbonyl (C=O) groups is 1. The Morgan fingerprint density at radius 3 is 2.28 bits per heavy atom. The predicted molar refractivity (Wildman–Crippen MR) is 113 cm³/mol. The van der Waals surface area contributed by atoms with Gasteiger partial charge in [0.25, 0.3) is 0 Å². The highest BCUT2D eigenvalue weighted by Gasteiger charge is 2.33. The van der Waals surface area contributed by atoms with Crippen molar-refractivity contribution in [1.82, 2.24) is 0 Å². The van der Waals surface area contributed by atoms with Gasteiger partial charge in [0.15, 0.2) is 16.9 Å². The number of benzene rings is 3. The highest BCUT2D eigenvalue weighted by molar-refractivity contribution is 5.93. The second-order valence-electron chi connectivity index (χ2n) is 7.51. The van der Waals surface area contributed by atoms with Crippen molar-refractivity contribution in [1.29, 1.82) is 0 Å². The van der Waals surface area contributed by atoms with Gasteiger partial charge in [-0.05, 0) is 35.9 Å². The number of fused-ring (bicyclic) bond motifs is 3. The van der Waals surface area contributed by atoms with E-state index in [1.807, 2.05) is 0 Å². The summed E-state index contributed by atoms with van der Waals surface area (Å²) in [5.74, 6) is -1.97. The van der Waals surface area contributed by atoms with Gasteiger partial charge in [-0.15, -0.1) is 0 Å². The summed E-state index contributed by atoms with van der Waals surface area (Å²) in [7, 11) is 0. The molecule has 2 heterocycles. The molecule has 4 N–H and O–H groups in total. The molecule has 8 heteroatoms. The van der Waals surface area contributed by atoms with E-state index in [0.29, 0.717) is 16.7 Å². The lowest BCUT2D eigenvalue weighted by Gasteiger charge is -2.26. The van der Waals surface area contributed by atoms with Crippen molar-refractivity contribution in [3.05, 3.63) is 75.9 Å². The zero-order valence-corrected chi connectivity index (χ0v) is 16.4. The Bertz CT molecular complexity index is 1450. The second kappa shape index (κ2) is 7.05. The number of phenolic OH excluding ortho intramolecular Hbond substituents is 4. The summed E-state index contributed by atoms with van der Waals surface area (Å²) in [5, 5.41) is 39.4. The van der Waals surface area contributed by atoms with Crippen LogP contribution in [0.4, 0.5) is 0 Å². The maximum absolute atomic E-state index is 12.9. The summed E-state index contributed by atoms with van der Waals surface area (Å²) in [6.07, 6.45) is -0.0361. The number of hydrogen-bond acceptors (Lipinski definition) is 8. The molecule has 0 spiro atoms. The molecular formula is C24H16O8. The van der Waals surface area contributed by atoms with Gasteiger partial charge in [0.2, 0.25) is 0 Å². The summed E-state index contributed by atoms with van der Waals surface area (Å²) < 4.78 is 11.4. The predicted octanol–water partition coefficient (Wildman–Crippen LogP) is 3.72. The Kier molecular flexibility index (Phi) is 4.30. The average molecular weight is 432 g/mol. The van der Waals surface area contributed by atoms with Gasteiger partial charge in [-0.2, -0.15) is 0 Å². The summed E-state index contributed by atoms with van der Waals surface area (Å²) in [6, 6.07) is 12.6. The molecule has 1 aliphatic rings. The van der Waals surface area contributed by atoms with Crippen LogP contribution in [-0.2, 0) is 4.79 Å². The number of rotatable bonds is 2. The first kappa shape index (κ1) is 19.5. The monoisotopic (exact) mass is 432 g/mol. The Morgan fingerprint density at radius 2 is 1.56 bits per heavy atom. The summed E-state index contributed by atoms with van der Waals surface area (Å²) >= 11 is 0. The molecule has 5 rings (SSSR count). The van der Waals surface area contributed by atoms with Crippen LogP contribution in [0.2, 0.25) is 0 Å². The molecule has 0 saturated carbocycles. The zero-order valence-electron chi connectivity index (χ0n) is 16.4. The number of carbonyl (C=O) groups excluding carboxylic acids is 1. The van der Waals surface area contributed by atoms with Gasteiger partial charge in [0.1, 0.15) is 34.0 Å². The maximum Gasteiger partial charge on any atom is 0.312 e. The van der Waals surface area contributed by atoms with E-state index in [0.717, 1.165) is 0 Å². The molecule has 0 aliphatic carbocycles.